The van der Waals surface area contributed by atoms with E-state index in [1.165, 1.54) is 48.5 Å². The number of para-hydroxylation sites is 1. The van der Waals surface area contributed by atoms with Crippen molar-refractivity contribution >= 4 is 21.6 Å². The molecule has 1 saturated heterocycles. The molecule has 0 aliphatic carbocycles. The third-order valence-corrected chi connectivity index (χ3v) is 5.81. The molecule has 27 heavy (non-hydrogen) atoms. The van der Waals surface area contributed by atoms with Crippen LogP contribution in [-0.2, 0) is 14.8 Å². The molecular formula is C19H21FN2O4S. The monoisotopic (exact) mass is 392 g/mol. The topological polar surface area (TPSA) is 84.5 Å². The minimum atomic E-state index is -3.96. The zero-order valence-electron chi connectivity index (χ0n) is 14.8. The Kier molecular flexibility index (Phi) is 5.76. The van der Waals surface area contributed by atoms with Gasteiger partial charge in [0.2, 0.25) is 0 Å². The van der Waals surface area contributed by atoms with E-state index < -0.39 is 15.8 Å². The Balaban J connectivity index is 1.68. The second-order valence-electron chi connectivity index (χ2n) is 6.42. The largest absolute Gasteiger partial charge is 0.376 e. The molecule has 0 aromatic heterocycles. The normalized spacial score (nSPS) is 18.1. The first-order valence-electron chi connectivity index (χ1n) is 8.67. The number of benzene rings is 2. The Bertz CT molecular complexity index is 910. The molecule has 0 bridgehead atoms. The highest BCUT2D eigenvalue weighted by Gasteiger charge is 2.24. The van der Waals surface area contributed by atoms with Gasteiger partial charge in [-0.25, -0.2) is 12.8 Å². The highest BCUT2D eigenvalue weighted by Crippen LogP contribution is 2.20. The van der Waals surface area contributed by atoms with E-state index in [1.807, 2.05) is 6.92 Å². The van der Waals surface area contributed by atoms with Crippen LogP contribution in [0.3, 0.4) is 0 Å². The molecule has 1 amide bonds. The molecule has 0 spiro atoms. The molecule has 0 saturated carbocycles. The first-order valence-corrected chi connectivity index (χ1v) is 10.1. The van der Waals surface area contributed by atoms with Crippen molar-refractivity contribution in [1.29, 1.82) is 0 Å². The summed E-state index contributed by atoms with van der Waals surface area (Å²) in [6.07, 6.45) is 1.88. The third kappa shape index (κ3) is 4.64. The minimum absolute atomic E-state index is 0.00132. The van der Waals surface area contributed by atoms with E-state index in [0.29, 0.717) is 12.2 Å². The summed E-state index contributed by atoms with van der Waals surface area (Å²) in [4.78, 5) is 12.3. The Morgan fingerprint density at radius 1 is 1.19 bits per heavy atom. The molecule has 2 N–H and O–H groups in total. The van der Waals surface area contributed by atoms with Gasteiger partial charge in [0.15, 0.2) is 0 Å². The standard InChI is InChI=1S/C19H21FN2O4S/c1-13(18-7-4-12-26-18)21-19(23)14-8-10-15(11-9-14)27(24,25)22-17-6-3-2-5-16(17)20/h2-3,5-6,8-11,13,18,22H,4,7,12H2,1H3,(H,21,23). The van der Waals surface area contributed by atoms with Gasteiger partial charge in [0.25, 0.3) is 15.9 Å². The van der Waals surface area contributed by atoms with E-state index in [0.717, 1.165) is 12.8 Å². The van der Waals surface area contributed by atoms with Crippen molar-refractivity contribution in [3.05, 3.63) is 59.9 Å². The van der Waals surface area contributed by atoms with Crippen molar-refractivity contribution in [2.45, 2.75) is 36.8 Å². The van der Waals surface area contributed by atoms with E-state index >= 15 is 0 Å². The number of nitrogens with one attached hydrogen (secondary N) is 2. The molecule has 1 heterocycles. The molecule has 2 atom stereocenters. The predicted octanol–water partition coefficient (Wildman–Crippen LogP) is 2.92. The lowest BCUT2D eigenvalue weighted by atomic mass is 10.1. The van der Waals surface area contributed by atoms with Crippen molar-refractivity contribution in [2.24, 2.45) is 0 Å². The van der Waals surface area contributed by atoms with E-state index in [9.17, 15) is 17.6 Å². The van der Waals surface area contributed by atoms with E-state index in [1.54, 1.807) is 0 Å². The summed E-state index contributed by atoms with van der Waals surface area (Å²) in [6.45, 7) is 2.58. The zero-order chi connectivity index (χ0) is 19.4. The number of anilines is 1. The van der Waals surface area contributed by atoms with Gasteiger partial charge in [-0.2, -0.15) is 0 Å². The molecule has 0 radical (unpaired) electrons. The molecule has 6 nitrogen and oxygen atoms in total. The van der Waals surface area contributed by atoms with Gasteiger partial charge in [-0.3, -0.25) is 9.52 Å². The molecule has 144 valence electrons. The summed E-state index contributed by atoms with van der Waals surface area (Å²) in [5, 5.41) is 2.87. The maximum absolute atomic E-state index is 13.7. The molecule has 8 heteroatoms. The Labute approximate surface area is 157 Å². The third-order valence-electron chi connectivity index (χ3n) is 4.43. The number of hydrogen-bond acceptors (Lipinski definition) is 4. The van der Waals surface area contributed by atoms with Crippen molar-refractivity contribution in [1.82, 2.24) is 5.32 Å². The van der Waals surface area contributed by atoms with E-state index in [-0.39, 0.29) is 28.6 Å². The highest BCUT2D eigenvalue weighted by molar-refractivity contribution is 7.92. The van der Waals surface area contributed by atoms with Crippen LogP contribution in [0.4, 0.5) is 10.1 Å². The summed E-state index contributed by atoms with van der Waals surface area (Å²) < 4.78 is 46.2. The molecular weight excluding hydrogens is 371 g/mol. The Morgan fingerprint density at radius 3 is 2.52 bits per heavy atom. The zero-order valence-corrected chi connectivity index (χ0v) is 15.6. The first kappa shape index (κ1) is 19.3. The summed E-state index contributed by atoms with van der Waals surface area (Å²) in [6, 6.07) is 10.8. The Hall–Kier alpha value is -2.45. The average molecular weight is 392 g/mol. The number of carbonyl (C=O) groups is 1. The molecule has 1 aliphatic heterocycles. The van der Waals surface area contributed by atoms with Crippen molar-refractivity contribution in [3.63, 3.8) is 0 Å². The predicted molar refractivity (Wildman–Crippen MR) is 99.6 cm³/mol. The van der Waals surface area contributed by atoms with Crippen LogP contribution in [0.15, 0.2) is 53.4 Å². The van der Waals surface area contributed by atoms with Crippen LogP contribution in [0.25, 0.3) is 0 Å². The molecule has 2 unspecified atom stereocenters. The summed E-state index contributed by atoms with van der Waals surface area (Å²) >= 11 is 0. The van der Waals surface area contributed by atoms with Crippen LogP contribution in [0.5, 0.6) is 0 Å². The highest BCUT2D eigenvalue weighted by atomic mass is 32.2. The van der Waals surface area contributed by atoms with Crippen LogP contribution in [0.1, 0.15) is 30.1 Å². The lowest BCUT2D eigenvalue weighted by Gasteiger charge is -2.20. The van der Waals surface area contributed by atoms with Crippen LogP contribution >= 0.6 is 0 Å². The second-order valence-corrected chi connectivity index (χ2v) is 8.11. The summed E-state index contributed by atoms with van der Waals surface area (Å²) in [5.41, 5.74) is 0.203. The quantitative estimate of drug-likeness (QED) is 0.792. The molecule has 2 aromatic rings. The SMILES string of the molecule is CC(NC(=O)c1ccc(S(=O)(=O)Nc2ccccc2F)cc1)C1CCCO1. The smallest absolute Gasteiger partial charge is 0.261 e. The van der Waals surface area contributed by atoms with Gasteiger partial charge in [-0.15, -0.1) is 0 Å². The number of carbonyl (C=O) groups excluding carboxylic acids is 1. The second kappa shape index (κ2) is 8.06. The number of sulfonamides is 1. The van der Waals surface area contributed by atoms with Gasteiger partial charge in [-0.1, -0.05) is 12.1 Å². The fourth-order valence-electron chi connectivity index (χ4n) is 2.91. The lowest BCUT2D eigenvalue weighted by molar-refractivity contribution is 0.0712. The van der Waals surface area contributed by atoms with E-state index in [2.05, 4.69) is 10.0 Å². The minimum Gasteiger partial charge on any atom is -0.376 e. The van der Waals surface area contributed by atoms with Crippen LogP contribution in [0, 0.1) is 5.82 Å². The number of halogens is 1. The van der Waals surface area contributed by atoms with Gasteiger partial charge in [0.1, 0.15) is 5.82 Å². The van der Waals surface area contributed by atoms with Gasteiger partial charge in [0, 0.05) is 12.2 Å². The molecule has 1 aliphatic rings. The van der Waals surface area contributed by atoms with Crippen molar-refractivity contribution in [3.8, 4) is 0 Å². The van der Waals surface area contributed by atoms with Gasteiger partial charge < -0.3 is 10.1 Å². The molecule has 2 aromatic carbocycles. The molecule has 3 rings (SSSR count). The number of rotatable bonds is 6. The molecule has 1 fully saturated rings. The number of hydrogen-bond donors (Lipinski definition) is 2. The fraction of sp³-hybridized carbons (Fsp3) is 0.316. The number of ether oxygens (including phenoxy) is 1. The Morgan fingerprint density at radius 2 is 1.89 bits per heavy atom. The van der Waals surface area contributed by atoms with Crippen LogP contribution in [0.2, 0.25) is 0 Å². The maximum atomic E-state index is 13.7. The van der Waals surface area contributed by atoms with Gasteiger partial charge >= 0.3 is 0 Å². The van der Waals surface area contributed by atoms with E-state index in [4.69, 9.17) is 4.74 Å². The van der Waals surface area contributed by atoms with Gasteiger partial charge in [0.05, 0.1) is 22.7 Å². The summed E-state index contributed by atoms with van der Waals surface area (Å²) in [5.74, 6) is -0.968. The lowest BCUT2D eigenvalue weighted by Crippen LogP contribution is -2.40. The first-order chi connectivity index (χ1) is 12.9. The number of amides is 1. The van der Waals surface area contributed by atoms with Crippen LogP contribution in [-0.4, -0.2) is 33.1 Å². The fourth-order valence-corrected chi connectivity index (χ4v) is 3.98. The maximum Gasteiger partial charge on any atom is 0.261 e. The van der Waals surface area contributed by atoms with Crippen molar-refractivity contribution in [2.75, 3.05) is 11.3 Å². The summed E-state index contributed by atoms with van der Waals surface area (Å²) in [7, 11) is -3.96. The van der Waals surface area contributed by atoms with Crippen molar-refractivity contribution < 1.29 is 22.3 Å². The van der Waals surface area contributed by atoms with Crippen LogP contribution < -0.4 is 10.0 Å². The average Bonchev–Trinajstić information content (AvgIpc) is 3.18. The van der Waals surface area contributed by atoms with Gasteiger partial charge in [-0.05, 0) is 56.2 Å².